The second kappa shape index (κ2) is 11.3. The lowest BCUT2D eigenvalue weighted by Crippen LogP contribution is -2.33. The van der Waals surface area contributed by atoms with E-state index < -0.39 is 21.8 Å². The standard InChI is InChI=1S/C25H32ClF3N2O2S/c1-17(16-30-34(32,33)14-6-13-26)9-11-21-18(2)22-15-20(25(27,28)29)10-12-23(22)31-24(21)19-7-4-3-5-8-19/h3-5,7-8,10,12,15,17-18,21,24,30-31H,6,9,11,13-14,16H2,1-2H3/t17-,18?,21-,24+/m1/s1. The molecule has 0 saturated heterocycles. The second-order valence-corrected chi connectivity index (χ2v) is 11.5. The summed E-state index contributed by atoms with van der Waals surface area (Å²) in [4.78, 5) is 0. The molecule has 1 unspecified atom stereocenters. The zero-order valence-corrected chi connectivity index (χ0v) is 21.0. The van der Waals surface area contributed by atoms with E-state index in [1.165, 1.54) is 12.1 Å². The van der Waals surface area contributed by atoms with Gasteiger partial charge in [0.25, 0.3) is 0 Å². The maximum Gasteiger partial charge on any atom is 0.416 e. The molecular weight excluding hydrogens is 485 g/mol. The normalized spacial score (nSPS) is 21.5. The smallest absolute Gasteiger partial charge is 0.378 e. The number of benzene rings is 2. The fourth-order valence-corrected chi connectivity index (χ4v) is 6.11. The lowest BCUT2D eigenvalue weighted by Gasteiger charge is -2.40. The van der Waals surface area contributed by atoms with Gasteiger partial charge in [-0.3, -0.25) is 0 Å². The average Bonchev–Trinajstić information content (AvgIpc) is 2.80. The first-order valence-electron chi connectivity index (χ1n) is 11.6. The Bertz CT molecular complexity index is 1050. The maximum absolute atomic E-state index is 13.4. The zero-order chi connectivity index (χ0) is 24.9. The van der Waals surface area contributed by atoms with E-state index in [1.54, 1.807) is 0 Å². The molecule has 1 aliphatic heterocycles. The molecule has 1 heterocycles. The summed E-state index contributed by atoms with van der Waals surface area (Å²) in [6.07, 6.45) is -2.51. The third-order valence-corrected chi connectivity index (χ3v) is 8.30. The number of hydrogen-bond acceptors (Lipinski definition) is 3. The predicted molar refractivity (Wildman–Crippen MR) is 132 cm³/mol. The van der Waals surface area contributed by atoms with Crippen molar-refractivity contribution in [2.45, 2.75) is 51.2 Å². The van der Waals surface area contributed by atoms with Gasteiger partial charge in [0.2, 0.25) is 10.0 Å². The molecular formula is C25H32ClF3N2O2S. The number of fused-ring (bicyclic) bond motifs is 1. The lowest BCUT2D eigenvalue weighted by molar-refractivity contribution is -0.137. The van der Waals surface area contributed by atoms with Gasteiger partial charge in [-0.05, 0) is 66.3 Å². The Morgan fingerprint density at radius 2 is 1.85 bits per heavy atom. The highest BCUT2D eigenvalue weighted by Crippen LogP contribution is 2.48. The molecule has 188 valence electrons. The summed E-state index contributed by atoms with van der Waals surface area (Å²) in [6.45, 7) is 4.29. The number of nitrogens with one attached hydrogen (secondary N) is 2. The van der Waals surface area contributed by atoms with Crippen molar-refractivity contribution in [3.05, 3.63) is 65.2 Å². The summed E-state index contributed by atoms with van der Waals surface area (Å²) in [7, 11) is -3.36. The van der Waals surface area contributed by atoms with Crippen LogP contribution in [0.1, 0.15) is 61.8 Å². The van der Waals surface area contributed by atoms with Crippen molar-refractivity contribution < 1.29 is 21.6 Å². The average molecular weight is 517 g/mol. The van der Waals surface area contributed by atoms with Crippen LogP contribution in [0, 0.1) is 11.8 Å². The topological polar surface area (TPSA) is 58.2 Å². The summed E-state index contributed by atoms with van der Waals surface area (Å²) < 4.78 is 66.8. The van der Waals surface area contributed by atoms with E-state index in [0.717, 1.165) is 30.2 Å². The van der Waals surface area contributed by atoms with Crippen molar-refractivity contribution in [1.82, 2.24) is 4.72 Å². The Morgan fingerprint density at radius 1 is 1.15 bits per heavy atom. The van der Waals surface area contributed by atoms with Crippen molar-refractivity contribution in [2.75, 3.05) is 23.5 Å². The molecule has 0 aliphatic carbocycles. The fraction of sp³-hybridized carbons (Fsp3) is 0.520. The summed E-state index contributed by atoms with van der Waals surface area (Å²) in [6, 6.07) is 13.8. The maximum atomic E-state index is 13.4. The van der Waals surface area contributed by atoms with Crippen molar-refractivity contribution in [3.8, 4) is 0 Å². The first-order chi connectivity index (χ1) is 16.0. The second-order valence-electron chi connectivity index (χ2n) is 9.18. The fourth-order valence-electron chi connectivity index (χ4n) is 4.61. The summed E-state index contributed by atoms with van der Waals surface area (Å²) in [5, 5.41) is 3.48. The third-order valence-electron chi connectivity index (χ3n) is 6.60. The molecule has 2 aromatic rings. The summed E-state index contributed by atoms with van der Waals surface area (Å²) in [5.41, 5.74) is 1.84. The van der Waals surface area contributed by atoms with Gasteiger partial charge < -0.3 is 5.32 Å². The number of rotatable bonds is 10. The number of sulfonamides is 1. The van der Waals surface area contributed by atoms with Gasteiger partial charge in [0, 0.05) is 18.1 Å². The lowest BCUT2D eigenvalue weighted by atomic mass is 9.73. The first kappa shape index (κ1) is 26.8. The van der Waals surface area contributed by atoms with E-state index in [9.17, 15) is 21.6 Å². The van der Waals surface area contributed by atoms with E-state index in [4.69, 9.17) is 11.6 Å². The Hall–Kier alpha value is -1.77. The largest absolute Gasteiger partial charge is 0.416 e. The first-order valence-corrected chi connectivity index (χ1v) is 13.8. The van der Waals surface area contributed by atoms with Gasteiger partial charge in [-0.15, -0.1) is 11.6 Å². The van der Waals surface area contributed by atoms with Crippen LogP contribution in [0.4, 0.5) is 18.9 Å². The molecule has 3 rings (SSSR count). The van der Waals surface area contributed by atoms with Crippen LogP contribution in [0.3, 0.4) is 0 Å². The molecule has 0 saturated carbocycles. The van der Waals surface area contributed by atoms with Gasteiger partial charge >= 0.3 is 6.18 Å². The van der Waals surface area contributed by atoms with Crippen LogP contribution < -0.4 is 10.0 Å². The molecule has 34 heavy (non-hydrogen) atoms. The Balaban J connectivity index is 1.77. The van der Waals surface area contributed by atoms with E-state index in [1.807, 2.05) is 44.2 Å². The van der Waals surface area contributed by atoms with Gasteiger partial charge in [0.15, 0.2) is 0 Å². The minimum absolute atomic E-state index is 0.00119. The van der Waals surface area contributed by atoms with Gasteiger partial charge in [-0.1, -0.05) is 44.2 Å². The van der Waals surface area contributed by atoms with Gasteiger partial charge in [-0.2, -0.15) is 13.2 Å². The van der Waals surface area contributed by atoms with Crippen molar-refractivity contribution in [2.24, 2.45) is 11.8 Å². The SMILES string of the molecule is CC1c2cc(C(F)(F)F)ccc2N[C@@H](c2ccccc2)[C@@H]1CC[C@@H](C)CNS(=O)(=O)CCCCl. The molecule has 2 N–H and O–H groups in total. The monoisotopic (exact) mass is 516 g/mol. The van der Waals surface area contributed by atoms with Crippen LogP contribution in [0.15, 0.2) is 48.5 Å². The highest BCUT2D eigenvalue weighted by Gasteiger charge is 2.37. The van der Waals surface area contributed by atoms with Gasteiger partial charge in [0.1, 0.15) is 0 Å². The Kier molecular flexibility index (Phi) is 8.93. The predicted octanol–water partition coefficient (Wildman–Crippen LogP) is 6.56. The van der Waals surface area contributed by atoms with Gasteiger partial charge in [0.05, 0.1) is 17.4 Å². The molecule has 0 radical (unpaired) electrons. The molecule has 0 fully saturated rings. The quantitative estimate of drug-likeness (QED) is 0.352. The Labute approximate surface area is 205 Å². The molecule has 0 spiro atoms. The van der Waals surface area contributed by atoms with Crippen LogP contribution in [0.2, 0.25) is 0 Å². The van der Waals surface area contributed by atoms with Crippen LogP contribution in [0.25, 0.3) is 0 Å². The number of anilines is 1. The van der Waals surface area contributed by atoms with Crippen molar-refractivity contribution in [1.29, 1.82) is 0 Å². The molecule has 1 aliphatic rings. The van der Waals surface area contributed by atoms with E-state index in [-0.39, 0.29) is 29.5 Å². The van der Waals surface area contributed by atoms with Gasteiger partial charge in [-0.25, -0.2) is 13.1 Å². The van der Waals surface area contributed by atoms with E-state index >= 15 is 0 Å². The summed E-state index contributed by atoms with van der Waals surface area (Å²) >= 11 is 5.59. The summed E-state index contributed by atoms with van der Waals surface area (Å²) in [5.74, 6) is 0.324. The molecule has 4 nitrogen and oxygen atoms in total. The van der Waals surface area contributed by atoms with Crippen LogP contribution >= 0.6 is 11.6 Å². The molecule has 0 amide bonds. The zero-order valence-electron chi connectivity index (χ0n) is 19.4. The Morgan fingerprint density at radius 3 is 2.50 bits per heavy atom. The third kappa shape index (κ3) is 6.89. The highest BCUT2D eigenvalue weighted by molar-refractivity contribution is 7.89. The number of hydrogen-bond donors (Lipinski definition) is 2. The number of alkyl halides is 4. The van der Waals surface area contributed by atoms with Crippen LogP contribution in [0.5, 0.6) is 0 Å². The van der Waals surface area contributed by atoms with Crippen molar-refractivity contribution >= 4 is 27.3 Å². The molecule has 9 heteroatoms. The van der Waals surface area contributed by atoms with E-state index in [2.05, 4.69) is 10.0 Å². The van der Waals surface area contributed by atoms with Crippen LogP contribution in [-0.2, 0) is 16.2 Å². The molecule has 0 aromatic heterocycles. The van der Waals surface area contributed by atoms with E-state index in [0.29, 0.717) is 24.4 Å². The molecule has 0 bridgehead atoms. The molecule has 2 aromatic carbocycles. The number of halogens is 4. The molecule has 4 atom stereocenters. The minimum atomic E-state index is -4.39. The minimum Gasteiger partial charge on any atom is -0.378 e. The van der Waals surface area contributed by atoms with Crippen LogP contribution in [-0.4, -0.2) is 26.6 Å². The highest BCUT2D eigenvalue weighted by atomic mass is 35.5. The van der Waals surface area contributed by atoms with Crippen molar-refractivity contribution in [3.63, 3.8) is 0 Å².